The van der Waals surface area contributed by atoms with Gasteiger partial charge < -0.3 is 10.2 Å². The Bertz CT molecular complexity index is 451. The zero-order chi connectivity index (χ0) is 13.9. The maximum absolute atomic E-state index is 12.7. The van der Waals surface area contributed by atoms with E-state index in [2.05, 4.69) is 10.2 Å². The summed E-state index contributed by atoms with van der Waals surface area (Å²) in [5, 5.41) is 3.66. The Morgan fingerprint density at radius 1 is 1.15 bits per heavy atom. The van der Waals surface area contributed by atoms with Crippen LogP contribution in [0.15, 0.2) is 29.2 Å². The van der Waals surface area contributed by atoms with E-state index in [1.165, 1.54) is 19.3 Å². The molecule has 0 amide bonds. The molecule has 0 radical (unpaired) electrons. The summed E-state index contributed by atoms with van der Waals surface area (Å²) in [4.78, 5) is 2.95. The van der Waals surface area contributed by atoms with Crippen LogP contribution in [-0.4, -0.2) is 30.9 Å². The second-order valence-corrected chi connectivity index (χ2v) is 6.60. The summed E-state index contributed by atoms with van der Waals surface area (Å²) in [6.45, 7) is 1.89. The quantitative estimate of drug-likeness (QED) is 0.834. The Morgan fingerprint density at radius 2 is 1.95 bits per heavy atom. The van der Waals surface area contributed by atoms with Crippen LogP contribution >= 0.6 is 11.8 Å². The summed E-state index contributed by atoms with van der Waals surface area (Å²) in [5.41, 5.74) is 0.958. The van der Waals surface area contributed by atoms with Crippen molar-refractivity contribution in [3.8, 4) is 0 Å². The number of rotatable bonds is 5. The molecule has 20 heavy (non-hydrogen) atoms. The number of benzene rings is 1. The molecule has 110 valence electrons. The number of piperidine rings is 1. The molecule has 1 aromatic carbocycles. The largest absolute Gasteiger partial charge is 0.369 e. The van der Waals surface area contributed by atoms with Crippen molar-refractivity contribution in [1.82, 2.24) is 5.32 Å². The van der Waals surface area contributed by atoms with Gasteiger partial charge in [-0.3, -0.25) is 0 Å². The average Bonchev–Trinajstić information content (AvgIpc) is 3.23. The van der Waals surface area contributed by atoms with Gasteiger partial charge in [-0.1, -0.05) is 23.9 Å². The van der Waals surface area contributed by atoms with E-state index < -0.39 is 5.76 Å². The molecule has 0 bridgehead atoms. The third-order valence-corrected chi connectivity index (χ3v) is 4.67. The molecule has 1 atom stereocenters. The lowest BCUT2D eigenvalue weighted by molar-refractivity contribution is 0.252. The van der Waals surface area contributed by atoms with Crippen molar-refractivity contribution in [3.63, 3.8) is 0 Å². The molecule has 1 saturated heterocycles. The lowest BCUT2D eigenvalue weighted by Crippen LogP contribution is -2.46. The van der Waals surface area contributed by atoms with Crippen LogP contribution < -0.4 is 10.2 Å². The van der Waals surface area contributed by atoms with E-state index in [0.717, 1.165) is 25.2 Å². The first-order valence-corrected chi connectivity index (χ1v) is 8.15. The van der Waals surface area contributed by atoms with E-state index in [9.17, 15) is 8.78 Å². The Morgan fingerprint density at radius 3 is 2.70 bits per heavy atom. The average molecular weight is 298 g/mol. The van der Waals surface area contributed by atoms with E-state index in [-0.39, 0.29) is 0 Å². The third kappa shape index (κ3) is 3.64. The number of halogens is 2. The minimum absolute atomic E-state index is 0.501. The molecule has 5 heteroatoms. The lowest BCUT2D eigenvalue weighted by Gasteiger charge is -2.36. The summed E-state index contributed by atoms with van der Waals surface area (Å²) in [5.74, 6) is -2.36. The normalized spacial score (nSPS) is 23.4. The summed E-state index contributed by atoms with van der Waals surface area (Å²) in [6, 6.07) is 8.72. The Kier molecular flexibility index (Phi) is 4.46. The summed E-state index contributed by atoms with van der Waals surface area (Å²) in [7, 11) is 0. The lowest BCUT2D eigenvalue weighted by atomic mass is 10.0. The molecule has 3 rings (SSSR count). The van der Waals surface area contributed by atoms with Gasteiger partial charge in [0.2, 0.25) is 0 Å². The highest BCUT2D eigenvalue weighted by atomic mass is 32.2. The van der Waals surface area contributed by atoms with Crippen LogP contribution in [0.25, 0.3) is 0 Å². The minimum atomic E-state index is -2.36. The Balaban J connectivity index is 1.70. The number of alkyl halides is 2. The topological polar surface area (TPSA) is 15.3 Å². The van der Waals surface area contributed by atoms with E-state index in [0.29, 0.717) is 28.7 Å². The van der Waals surface area contributed by atoms with Crippen LogP contribution in [0.2, 0.25) is 0 Å². The molecule has 2 fully saturated rings. The van der Waals surface area contributed by atoms with Crippen molar-refractivity contribution in [2.45, 2.75) is 48.4 Å². The number of hydrogen-bond donors (Lipinski definition) is 1. The van der Waals surface area contributed by atoms with Crippen LogP contribution in [-0.2, 0) is 0 Å². The highest BCUT2D eigenvalue weighted by Crippen LogP contribution is 2.35. The SMILES string of the molecule is FC(F)Sc1ccccc1N1CCCC(NC2CC2)C1. The fourth-order valence-electron chi connectivity index (χ4n) is 2.83. The number of anilines is 1. The second kappa shape index (κ2) is 6.31. The third-order valence-electron chi connectivity index (χ3n) is 3.89. The molecule has 1 aliphatic heterocycles. The highest BCUT2D eigenvalue weighted by molar-refractivity contribution is 7.99. The smallest absolute Gasteiger partial charge is 0.288 e. The van der Waals surface area contributed by atoms with Gasteiger partial charge in [0, 0.05) is 30.1 Å². The first-order chi connectivity index (χ1) is 9.72. The van der Waals surface area contributed by atoms with E-state index in [4.69, 9.17) is 0 Å². The first-order valence-electron chi connectivity index (χ1n) is 7.27. The van der Waals surface area contributed by atoms with Crippen LogP contribution in [0.5, 0.6) is 0 Å². The van der Waals surface area contributed by atoms with Crippen molar-refractivity contribution in [1.29, 1.82) is 0 Å². The van der Waals surface area contributed by atoms with E-state index >= 15 is 0 Å². The van der Waals surface area contributed by atoms with Gasteiger partial charge in [-0.05, 0) is 37.8 Å². The zero-order valence-corrected chi connectivity index (χ0v) is 12.2. The standard InChI is InChI=1S/C15H20F2N2S/c16-15(17)20-14-6-2-1-5-13(14)19-9-3-4-12(10-19)18-11-7-8-11/h1-2,5-6,11-12,15,18H,3-4,7-10H2. The maximum Gasteiger partial charge on any atom is 0.288 e. The predicted octanol–water partition coefficient (Wildman–Crippen LogP) is 3.72. The number of nitrogens with zero attached hydrogens (tertiary/aromatic N) is 1. The molecule has 1 aromatic rings. The fraction of sp³-hybridized carbons (Fsp3) is 0.600. The predicted molar refractivity (Wildman–Crippen MR) is 79.7 cm³/mol. The Labute approximate surface area is 122 Å². The van der Waals surface area contributed by atoms with E-state index in [1.807, 2.05) is 18.2 Å². The van der Waals surface area contributed by atoms with Crippen molar-refractivity contribution in [2.75, 3.05) is 18.0 Å². The Hall–Kier alpha value is -0.810. The first kappa shape index (κ1) is 14.1. The summed E-state index contributed by atoms with van der Waals surface area (Å²) >= 11 is 0.651. The van der Waals surface area contributed by atoms with Gasteiger partial charge in [0.05, 0.1) is 5.69 Å². The second-order valence-electron chi connectivity index (χ2n) is 5.57. The summed E-state index contributed by atoms with van der Waals surface area (Å²) in [6.07, 6.45) is 4.89. The molecule has 0 aromatic heterocycles. The molecule has 1 N–H and O–H groups in total. The van der Waals surface area contributed by atoms with Gasteiger partial charge >= 0.3 is 0 Å². The van der Waals surface area contributed by atoms with Crippen LogP contribution in [0, 0.1) is 0 Å². The fourth-order valence-corrected chi connectivity index (χ4v) is 3.50. The molecular weight excluding hydrogens is 278 g/mol. The van der Waals surface area contributed by atoms with Crippen molar-refractivity contribution < 1.29 is 8.78 Å². The monoisotopic (exact) mass is 298 g/mol. The van der Waals surface area contributed by atoms with Crippen molar-refractivity contribution >= 4 is 17.4 Å². The van der Waals surface area contributed by atoms with Crippen LogP contribution in [0.1, 0.15) is 25.7 Å². The van der Waals surface area contributed by atoms with E-state index in [1.54, 1.807) is 6.07 Å². The molecule has 1 unspecified atom stereocenters. The number of para-hydroxylation sites is 1. The molecule has 2 aliphatic rings. The molecule has 0 spiro atoms. The number of nitrogens with one attached hydrogen (secondary N) is 1. The van der Waals surface area contributed by atoms with Crippen LogP contribution in [0.3, 0.4) is 0 Å². The van der Waals surface area contributed by atoms with Gasteiger partial charge in [0.25, 0.3) is 5.76 Å². The number of hydrogen-bond acceptors (Lipinski definition) is 3. The van der Waals surface area contributed by atoms with Gasteiger partial charge in [0.15, 0.2) is 0 Å². The van der Waals surface area contributed by atoms with Crippen molar-refractivity contribution in [2.24, 2.45) is 0 Å². The molecular formula is C15H20F2N2S. The molecule has 2 nitrogen and oxygen atoms in total. The molecule has 1 aliphatic carbocycles. The van der Waals surface area contributed by atoms with Gasteiger partial charge in [-0.15, -0.1) is 0 Å². The zero-order valence-electron chi connectivity index (χ0n) is 11.4. The molecule has 1 saturated carbocycles. The summed E-state index contributed by atoms with van der Waals surface area (Å²) < 4.78 is 25.3. The van der Waals surface area contributed by atoms with Crippen LogP contribution in [0.4, 0.5) is 14.5 Å². The highest BCUT2D eigenvalue weighted by Gasteiger charge is 2.28. The molecule has 1 heterocycles. The van der Waals surface area contributed by atoms with Gasteiger partial charge in [-0.25, -0.2) is 0 Å². The number of thioether (sulfide) groups is 1. The van der Waals surface area contributed by atoms with Crippen molar-refractivity contribution in [3.05, 3.63) is 24.3 Å². The maximum atomic E-state index is 12.7. The minimum Gasteiger partial charge on any atom is -0.369 e. The van der Waals surface area contributed by atoms with Gasteiger partial charge in [-0.2, -0.15) is 8.78 Å². The van der Waals surface area contributed by atoms with Gasteiger partial charge in [0.1, 0.15) is 0 Å².